The lowest BCUT2D eigenvalue weighted by Crippen LogP contribution is -2.50. The molecule has 18 heavy (non-hydrogen) atoms. The van der Waals surface area contributed by atoms with Crippen LogP contribution in [0.4, 0.5) is 0 Å². The van der Waals surface area contributed by atoms with Crippen LogP contribution in [0.5, 0.6) is 0 Å². The van der Waals surface area contributed by atoms with Crippen LogP contribution in [-0.4, -0.2) is 48.3 Å². The highest BCUT2D eigenvalue weighted by atomic mass is 16.2. The van der Waals surface area contributed by atoms with Gasteiger partial charge in [0.2, 0.25) is 5.91 Å². The molecule has 1 saturated heterocycles. The van der Waals surface area contributed by atoms with E-state index < -0.39 is 0 Å². The van der Waals surface area contributed by atoms with Crippen LogP contribution in [0, 0.1) is 5.92 Å². The molecule has 5 nitrogen and oxygen atoms in total. The van der Waals surface area contributed by atoms with E-state index in [9.17, 15) is 9.59 Å². The zero-order valence-corrected chi connectivity index (χ0v) is 11.6. The monoisotopic (exact) mass is 255 g/mol. The zero-order chi connectivity index (χ0) is 13.7. The summed E-state index contributed by atoms with van der Waals surface area (Å²) in [5.41, 5.74) is 5.87. The molecule has 1 aliphatic heterocycles. The van der Waals surface area contributed by atoms with Crippen molar-refractivity contribution in [3.63, 3.8) is 0 Å². The summed E-state index contributed by atoms with van der Waals surface area (Å²) in [5.74, 6) is 0.0433. The number of nitrogens with zero attached hydrogens (tertiary/aromatic N) is 1. The van der Waals surface area contributed by atoms with E-state index in [-0.39, 0.29) is 29.7 Å². The molecule has 5 heteroatoms. The summed E-state index contributed by atoms with van der Waals surface area (Å²) < 4.78 is 0. The lowest BCUT2D eigenvalue weighted by molar-refractivity contribution is -0.128. The standard InChI is InChI=1S/C13H25N3O2/c1-9(2)13(10(3)17)15-12(18)8-16-6-4-5-11(14)7-16/h9,11,13H,4-8,14H2,1-3H3,(H,15,18). The second-order valence-corrected chi connectivity index (χ2v) is 5.54. The Morgan fingerprint density at radius 2 is 2.11 bits per heavy atom. The molecule has 0 radical (unpaired) electrons. The van der Waals surface area contributed by atoms with Crippen LogP contribution in [0.1, 0.15) is 33.6 Å². The van der Waals surface area contributed by atoms with Crippen molar-refractivity contribution in [2.75, 3.05) is 19.6 Å². The summed E-state index contributed by atoms with van der Waals surface area (Å²) >= 11 is 0. The van der Waals surface area contributed by atoms with Gasteiger partial charge in [0.15, 0.2) is 5.78 Å². The lowest BCUT2D eigenvalue weighted by atomic mass is 10.0. The zero-order valence-electron chi connectivity index (χ0n) is 11.6. The topological polar surface area (TPSA) is 75.4 Å². The van der Waals surface area contributed by atoms with Crippen LogP contribution in [0.2, 0.25) is 0 Å². The van der Waals surface area contributed by atoms with Crippen molar-refractivity contribution in [3.05, 3.63) is 0 Å². The average molecular weight is 255 g/mol. The normalized spacial score (nSPS) is 22.8. The number of ketones is 1. The molecule has 0 bridgehead atoms. The maximum absolute atomic E-state index is 11.9. The molecule has 0 aromatic heterocycles. The van der Waals surface area contributed by atoms with Crippen LogP contribution < -0.4 is 11.1 Å². The minimum atomic E-state index is -0.379. The fourth-order valence-electron chi connectivity index (χ4n) is 2.39. The Hall–Kier alpha value is -0.940. The number of piperidine rings is 1. The molecular formula is C13H25N3O2. The lowest BCUT2D eigenvalue weighted by Gasteiger charge is -2.30. The van der Waals surface area contributed by atoms with Crippen molar-refractivity contribution in [1.29, 1.82) is 0 Å². The van der Waals surface area contributed by atoms with Crippen molar-refractivity contribution < 1.29 is 9.59 Å². The Balaban J connectivity index is 2.42. The van der Waals surface area contributed by atoms with Crippen molar-refractivity contribution in [1.82, 2.24) is 10.2 Å². The molecule has 2 unspecified atom stereocenters. The van der Waals surface area contributed by atoms with E-state index in [1.54, 1.807) is 0 Å². The molecule has 104 valence electrons. The summed E-state index contributed by atoms with van der Waals surface area (Å²) in [6.07, 6.45) is 2.06. The predicted molar refractivity (Wildman–Crippen MR) is 71.1 cm³/mol. The molecule has 1 heterocycles. The minimum Gasteiger partial charge on any atom is -0.345 e. The van der Waals surface area contributed by atoms with Gasteiger partial charge < -0.3 is 11.1 Å². The quantitative estimate of drug-likeness (QED) is 0.732. The van der Waals surface area contributed by atoms with E-state index in [4.69, 9.17) is 5.73 Å². The number of carbonyl (C=O) groups is 2. The number of nitrogens with one attached hydrogen (secondary N) is 1. The van der Waals surface area contributed by atoms with Gasteiger partial charge in [0, 0.05) is 12.6 Å². The average Bonchev–Trinajstić information content (AvgIpc) is 2.25. The van der Waals surface area contributed by atoms with Gasteiger partial charge in [0.25, 0.3) is 0 Å². The maximum Gasteiger partial charge on any atom is 0.234 e. The number of rotatable bonds is 5. The molecule has 0 aliphatic carbocycles. The Labute approximate surface area is 109 Å². The Kier molecular flexibility index (Phi) is 5.75. The van der Waals surface area contributed by atoms with E-state index in [1.165, 1.54) is 6.92 Å². The fraction of sp³-hybridized carbons (Fsp3) is 0.846. The van der Waals surface area contributed by atoms with E-state index in [1.807, 2.05) is 13.8 Å². The smallest absolute Gasteiger partial charge is 0.234 e. The molecule has 0 saturated carbocycles. The van der Waals surface area contributed by atoms with Crippen LogP contribution in [0.3, 0.4) is 0 Å². The van der Waals surface area contributed by atoms with Gasteiger partial charge in [0.1, 0.15) is 0 Å². The summed E-state index contributed by atoms with van der Waals surface area (Å²) in [7, 11) is 0. The Morgan fingerprint density at radius 1 is 1.44 bits per heavy atom. The Bertz CT molecular complexity index is 305. The number of hydrogen-bond donors (Lipinski definition) is 2. The number of likely N-dealkylation sites (tertiary alicyclic amines) is 1. The summed E-state index contributed by atoms with van der Waals surface area (Å²) in [6.45, 7) is 7.39. The molecule has 1 aliphatic rings. The molecule has 2 atom stereocenters. The number of carbonyl (C=O) groups excluding carboxylic acids is 2. The second kappa shape index (κ2) is 6.85. The second-order valence-electron chi connectivity index (χ2n) is 5.54. The minimum absolute atomic E-state index is 0.00805. The fourth-order valence-corrected chi connectivity index (χ4v) is 2.39. The Morgan fingerprint density at radius 3 is 2.61 bits per heavy atom. The van der Waals surface area contributed by atoms with Crippen molar-refractivity contribution in [3.8, 4) is 0 Å². The molecule has 0 spiro atoms. The van der Waals surface area contributed by atoms with Crippen LogP contribution in [-0.2, 0) is 9.59 Å². The molecule has 0 aromatic rings. The highest BCUT2D eigenvalue weighted by Crippen LogP contribution is 2.08. The number of hydrogen-bond acceptors (Lipinski definition) is 4. The van der Waals surface area contributed by atoms with Gasteiger partial charge in [-0.25, -0.2) is 0 Å². The first-order chi connectivity index (χ1) is 8.40. The van der Waals surface area contributed by atoms with Crippen molar-refractivity contribution in [2.24, 2.45) is 11.7 Å². The number of Topliss-reactive ketones (excluding diaryl/α,β-unsaturated/α-hetero) is 1. The van der Waals surface area contributed by atoms with E-state index in [0.29, 0.717) is 6.54 Å². The predicted octanol–water partition coefficient (Wildman–Crippen LogP) is 0.139. The van der Waals surface area contributed by atoms with Crippen LogP contribution >= 0.6 is 0 Å². The summed E-state index contributed by atoms with van der Waals surface area (Å²) in [4.78, 5) is 25.4. The third kappa shape index (κ3) is 4.74. The van der Waals surface area contributed by atoms with Crippen LogP contribution in [0.15, 0.2) is 0 Å². The van der Waals surface area contributed by atoms with E-state index >= 15 is 0 Å². The highest BCUT2D eigenvalue weighted by molar-refractivity contribution is 5.88. The maximum atomic E-state index is 11.9. The highest BCUT2D eigenvalue weighted by Gasteiger charge is 2.23. The first-order valence-corrected chi connectivity index (χ1v) is 6.68. The molecule has 1 rings (SSSR count). The largest absolute Gasteiger partial charge is 0.345 e. The SMILES string of the molecule is CC(=O)C(NC(=O)CN1CCCC(N)C1)C(C)C. The van der Waals surface area contributed by atoms with Crippen LogP contribution in [0.25, 0.3) is 0 Å². The number of nitrogens with two attached hydrogens (primary N) is 1. The van der Waals surface area contributed by atoms with Gasteiger partial charge in [-0.05, 0) is 32.2 Å². The van der Waals surface area contributed by atoms with Gasteiger partial charge in [-0.3, -0.25) is 14.5 Å². The molecular weight excluding hydrogens is 230 g/mol. The first kappa shape index (κ1) is 15.1. The third-order valence-electron chi connectivity index (χ3n) is 3.33. The number of amides is 1. The van der Waals surface area contributed by atoms with Gasteiger partial charge in [-0.2, -0.15) is 0 Å². The van der Waals surface area contributed by atoms with Crippen molar-refractivity contribution in [2.45, 2.75) is 45.7 Å². The van der Waals surface area contributed by atoms with E-state index in [0.717, 1.165) is 25.9 Å². The van der Waals surface area contributed by atoms with Gasteiger partial charge in [-0.1, -0.05) is 13.8 Å². The molecule has 1 fully saturated rings. The van der Waals surface area contributed by atoms with E-state index in [2.05, 4.69) is 10.2 Å². The van der Waals surface area contributed by atoms with Gasteiger partial charge in [-0.15, -0.1) is 0 Å². The molecule has 0 aromatic carbocycles. The first-order valence-electron chi connectivity index (χ1n) is 6.68. The molecule has 1 amide bonds. The van der Waals surface area contributed by atoms with Crippen molar-refractivity contribution >= 4 is 11.7 Å². The van der Waals surface area contributed by atoms with Gasteiger partial charge >= 0.3 is 0 Å². The van der Waals surface area contributed by atoms with Gasteiger partial charge in [0.05, 0.1) is 12.6 Å². The third-order valence-corrected chi connectivity index (χ3v) is 3.33. The molecule has 3 N–H and O–H groups in total. The summed E-state index contributed by atoms with van der Waals surface area (Å²) in [6, 6.07) is -0.212. The summed E-state index contributed by atoms with van der Waals surface area (Å²) in [5, 5.41) is 2.81.